The molecule has 0 unspecified atom stereocenters. The maximum absolute atomic E-state index is 13.3. The second-order valence-corrected chi connectivity index (χ2v) is 6.64. The number of hydrogen-bond donors (Lipinski definition) is 2. The molecule has 0 fully saturated rings. The van der Waals surface area contributed by atoms with Crippen LogP contribution in [0.1, 0.15) is 17.0 Å². The molecular weight excluding hydrogens is 383 g/mol. The van der Waals surface area contributed by atoms with Crippen LogP contribution in [0, 0.1) is 5.82 Å². The third-order valence-corrected chi connectivity index (χ3v) is 4.44. The molecular formula is C21H16ClFN2OS. The summed E-state index contributed by atoms with van der Waals surface area (Å²) >= 11 is 11.0. The fraction of sp³-hybridized carbons (Fsp3) is 0.0476. The van der Waals surface area contributed by atoms with E-state index in [2.05, 4.69) is 10.6 Å². The van der Waals surface area contributed by atoms with Crippen LogP contribution >= 0.6 is 23.8 Å². The topological polar surface area (TPSA) is 41.1 Å². The molecule has 0 aromatic heterocycles. The van der Waals surface area contributed by atoms with Crippen molar-refractivity contribution in [3.63, 3.8) is 0 Å². The SMILES string of the molecule is O=C(NC(=S)Nc1ccc(F)c(Cl)c1)C(c1ccccc1)c1ccccc1. The molecule has 0 radical (unpaired) electrons. The number of carbonyl (C=O) groups is 1. The molecule has 0 heterocycles. The molecule has 0 aliphatic carbocycles. The van der Waals surface area contributed by atoms with E-state index >= 15 is 0 Å². The van der Waals surface area contributed by atoms with E-state index in [1.807, 2.05) is 60.7 Å². The van der Waals surface area contributed by atoms with Crippen LogP contribution in [0.3, 0.4) is 0 Å². The largest absolute Gasteiger partial charge is 0.332 e. The number of rotatable bonds is 4. The first kappa shape index (κ1) is 19.0. The predicted octanol–water partition coefficient (Wildman–Crippen LogP) is 5.12. The third kappa shape index (κ3) is 4.90. The van der Waals surface area contributed by atoms with Crippen molar-refractivity contribution in [3.05, 3.63) is 101 Å². The number of thiocarbonyl (C=S) groups is 1. The van der Waals surface area contributed by atoms with Gasteiger partial charge in [0.15, 0.2) is 5.11 Å². The molecule has 3 aromatic rings. The molecule has 0 aliphatic heterocycles. The van der Waals surface area contributed by atoms with Crippen molar-refractivity contribution >= 4 is 40.5 Å². The molecule has 6 heteroatoms. The summed E-state index contributed by atoms with van der Waals surface area (Å²) in [6.07, 6.45) is 0. The number of benzene rings is 3. The highest BCUT2D eigenvalue weighted by molar-refractivity contribution is 7.80. The molecule has 0 saturated carbocycles. The van der Waals surface area contributed by atoms with Gasteiger partial charge in [-0.2, -0.15) is 0 Å². The predicted molar refractivity (Wildman–Crippen MR) is 111 cm³/mol. The minimum atomic E-state index is -0.523. The van der Waals surface area contributed by atoms with Crippen molar-refractivity contribution in [3.8, 4) is 0 Å². The van der Waals surface area contributed by atoms with Crippen LogP contribution in [0.25, 0.3) is 0 Å². The van der Waals surface area contributed by atoms with E-state index in [0.29, 0.717) is 5.69 Å². The summed E-state index contributed by atoms with van der Waals surface area (Å²) in [6, 6.07) is 23.0. The highest BCUT2D eigenvalue weighted by Crippen LogP contribution is 2.25. The number of anilines is 1. The molecule has 3 aromatic carbocycles. The van der Waals surface area contributed by atoms with Crippen LogP contribution in [0.2, 0.25) is 5.02 Å². The van der Waals surface area contributed by atoms with E-state index in [9.17, 15) is 9.18 Å². The number of nitrogens with one attached hydrogen (secondary N) is 2. The molecule has 3 nitrogen and oxygen atoms in total. The normalized spacial score (nSPS) is 10.5. The Morgan fingerprint density at radius 1 is 0.926 bits per heavy atom. The first-order chi connectivity index (χ1) is 13.0. The van der Waals surface area contributed by atoms with Crippen molar-refractivity contribution in [2.45, 2.75) is 5.92 Å². The summed E-state index contributed by atoms with van der Waals surface area (Å²) in [5.74, 6) is -1.30. The monoisotopic (exact) mass is 398 g/mol. The van der Waals surface area contributed by atoms with Crippen molar-refractivity contribution < 1.29 is 9.18 Å². The summed E-state index contributed by atoms with van der Waals surface area (Å²) in [5, 5.41) is 5.63. The van der Waals surface area contributed by atoms with Gasteiger partial charge in [0.1, 0.15) is 5.82 Å². The molecule has 0 spiro atoms. The van der Waals surface area contributed by atoms with Gasteiger partial charge in [-0.05, 0) is 41.5 Å². The number of amides is 1. The smallest absolute Gasteiger partial charge is 0.238 e. The minimum absolute atomic E-state index is 0.0272. The van der Waals surface area contributed by atoms with Gasteiger partial charge in [-0.3, -0.25) is 4.79 Å². The Balaban J connectivity index is 1.78. The highest BCUT2D eigenvalue weighted by atomic mass is 35.5. The van der Waals surface area contributed by atoms with Gasteiger partial charge in [0.05, 0.1) is 10.9 Å². The summed E-state index contributed by atoms with van der Waals surface area (Å²) in [6.45, 7) is 0. The lowest BCUT2D eigenvalue weighted by Crippen LogP contribution is -2.37. The molecule has 0 atom stereocenters. The van der Waals surface area contributed by atoms with Crippen LogP contribution in [-0.4, -0.2) is 11.0 Å². The lowest BCUT2D eigenvalue weighted by Gasteiger charge is -2.18. The Labute approximate surface area is 167 Å². The van der Waals surface area contributed by atoms with Gasteiger partial charge >= 0.3 is 0 Å². The standard InChI is InChI=1S/C21H16ClFN2OS/c22-17-13-16(11-12-18(17)23)24-21(27)25-20(26)19(14-7-3-1-4-8-14)15-9-5-2-6-10-15/h1-13,19H,(H2,24,25,26,27). The third-order valence-electron chi connectivity index (χ3n) is 3.94. The molecule has 27 heavy (non-hydrogen) atoms. The van der Waals surface area contributed by atoms with Crippen LogP contribution in [0.5, 0.6) is 0 Å². The zero-order valence-electron chi connectivity index (χ0n) is 14.2. The van der Waals surface area contributed by atoms with Gasteiger partial charge in [-0.15, -0.1) is 0 Å². The van der Waals surface area contributed by atoms with Gasteiger partial charge < -0.3 is 10.6 Å². The maximum atomic E-state index is 13.3. The van der Waals surface area contributed by atoms with Gasteiger partial charge in [-0.25, -0.2) is 4.39 Å². The van der Waals surface area contributed by atoms with E-state index in [1.54, 1.807) is 0 Å². The lowest BCUT2D eigenvalue weighted by atomic mass is 9.90. The van der Waals surface area contributed by atoms with Gasteiger partial charge in [0.25, 0.3) is 0 Å². The van der Waals surface area contributed by atoms with Gasteiger partial charge in [0.2, 0.25) is 5.91 Å². The van der Waals surface area contributed by atoms with E-state index in [1.165, 1.54) is 18.2 Å². The van der Waals surface area contributed by atoms with E-state index in [-0.39, 0.29) is 16.0 Å². The summed E-state index contributed by atoms with van der Waals surface area (Å²) in [4.78, 5) is 12.9. The van der Waals surface area contributed by atoms with Crippen LogP contribution < -0.4 is 10.6 Å². The van der Waals surface area contributed by atoms with Crippen LogP contribution in [0.15, 0.2) is 78.9 Å². The van der Waals surface area contributed by atoms with Crippen molar-refractivity contribution in [1.29, 1.82) is 0 Å². The fourth-order valence-corrected chi connectivity index (χ4v) is 3.11. The van der Waals surface area contributed by atoms with Crippen molar-refractivity contribution in [2.24, 2.45) is 0 Å². The summed E-state index contributed by atoms with van der Waals surface area (Å²) in [5.41, 5.74) is 2.20. The maximum Gasteiger partial charge on any atom is 0.238 e. The molecule has 0 saturated heterocycles. The molecule has 136 valence electrons. The summed E-state index contributed by atoms with van der Waals surface area (Å²) in [7, 11) is 0. The number of carbonyl (C=O) groups excluding carboxylic acids is 1. The summed E-state index contributed by atoms with van der Waals surface area (Å²) < 4.78 is 13.3. The number of hydrogen-bond acceptors (Lipinski definition) is 2. The second-order valence-electron chi connectivity index (χ2n) is 5.83. The molecule has 0 aliphatic rings. The minimum Gasteiger partial charge on any atom is -0.332 e. The van der Waals surface area contributed by atoms with E-state index in [0.717, 1.165) is 11.1 Å². The van der Waals surface area contributed by atoms with Crippen LogP contribution in [0.4, 0.5) is 10.1 Å². The van der Waals surface area contributed by atoms with Crippen LogP contribution in [-0.2, 0) is 4.79 Å². The first-order valence-electron chi connectivity index (χ1n) is 8.21. The lowest BCUT2D eigenvalue weighted by molar-refractivity contribution is -0.120. The first-order valence-corrected chi connectivity index (χ1v) is 9.00. The zero-order chi connectivity index (χ0) is 19.2. The quantitative estimate of drug-likeness (QED) is 0.599. The Morgan fingerprint density at radius 3 is 2.00 bits per heavy atom. The van der Waals surface area contributed by atoms with E-state index < -0.39 is 11.7 Å². The van der Waals surface area contributed by atoms with Gasteiger partial charge in [-0.1, -0.05) is 72.3 Å². The average molecular weight is 399 g/mol. The molecule has 1 amide bonds. The van der Waals surface area contributed by atoms with Crippen molar-refractivity contribution in [1.82, 2.24) is 5.32 Å². The highest BCUT2D eigenvalue weighted by Gasteiger charge is 2.23. The molecule has 0 bridgehead atoms. The molecule has 2 N–H and O–H groups in total. The fourth-order valence-electron chi connectivity index (χ4n) is 2.71. The van der Waals surface area contributed by atoms with Crippen molar-refractivity contribution in [2.75, 3.05) is 5.32 Å². The van der Waals surface area contributed by atoms with Gasteiger partial charge in [0, 0.05) is 5.69 Å². The number of halogens is 2. The second kappa shape index (κ2) is 8.75. The Bertz CT molecular complexity index is 911. The Hall–Kier alpha value is -2.76. The average Bonchev–Trinajstić information content (AvgIpc) is 2.66. The van der Waals surface area contributed by atoms with E-state index in [4.69, 9.17) is 23.8 Å². The zero-order valence-corrected chi connectivity index (χ0v) is 15.7. The Morgan fingerprint density at radius 2 is 1.48 bits per heavy atom. The molecule has 3 rings (SSSR count). The Kier molecular flexibility index (Phi) is 6.16.